The number of carboxylic acids is 1. The molecule has 1 heterocycles. The molecule has 0 bridgehead atoms. The molecule has 2 aromatic carbocycles. The molecule has 11 heteroatoms. The van der Waals surface area contributed by atoms with Gasteiger partial charge >= 0.3 is 11.9 Å². The minimum absolute atomic E-state index is 0.163. The minimum atomic E-state index is -1.18. The largest absolute Gasteiger partial charge is 0.476 e. The van der Waals surface area contributed by atoms with Gasteiger partial charge in [0.2, 0.25) is 0 Å². The Labute approximate surface area is 220 Å². The maximum atomic E-state index is 13.5. The molecule has 1 amide bonds. The average Bonchev–Trinajstić information content (AvgIpc) is 3.37. The summed E-state index contributed by atoms with van der Waals surface area (Å²) < 4.78 is 10.7. The van der Waals surface area contributed by atoms with Gasteiger partial charge in [-0.25, -0.2) is 9.59 Å². The number of nitrogens with zero attached hydrogens (tertiary/aromatic N) is 1. The number of rotatable bonds is 10. The Morgan fingerprint density at radius 2 is 1.58 bits per heavy atom. The van der Waals surface area contributed by atoms with Crippen molar-refractivity contribution in [1.29, 1.82) is 0 Å². The first kappa shape index (κ1) is 28.0. The molecule has 3 rings (SSSR count). The van der Waals surface area contributed by atoms with Gasteiger partial charge in [0.25, 0.3) is 5.91 Å². The van der Waals surface area contributed by atoms with Crippen molar-refractivity contribution in [3.05, 3.63) is 59.3 Å². The van der Waals surface area contributed by atoms with E-state index in [1.54, 1.807) is 78.3 Å². The van der Waals surface area contributed by atoms with E-state index in [4.69, 9.17) is 14.4 Å². The number of carboxylic acid groups (broad SMARTS) is 1. The van der Waals surface area contributed by atoms with Crippen LogP contribution in [0.1, 0.15) is 47.2 Å². The molecule has 3 aromatic rings. The standard InChI is InChI=1S/C27H33N5O6/c1-27(2,3)37-26(36)21(31-24(33)23-18(29-5)12-17(28-4)13-19(23)30-6)11-15-7-9-16(10-8-15)22-14-20(25(34)35)32-38-22/h7-10,12-14,21,28-30H,11H2,1-6H3,(H,31,33)(H,34,35). The number of hydrogen-bond donors (Lipinski definition) is 5. The second-order valence-corrected chi connectivity index (χ2v) is 9.54. The van der Waals surface area contributed by atoms with E-state index in [2.05, 4.69) is 26.4 Å². The van der Waals surface area contributed by atoms with Crippen LogP contribution >= 0.6 is 0 Å². The van der Waals surface area contributed by atoms with Crippen LogP contribution in [0.3, 0.4) is 0 Å². The number of nitrogens with one attached hydrogen (secondary N) is 4. The molecule has 0 spiro atoms. The van der Waals surface area contributed by atoms with Gasteiger partial charge in [-0.15, -0.1) is 0 Å². The zero-order chi connectivity index (χ0) is 28.0. The lowest BCUT2D eigenvalue weighted by Crippen LogP contribution is -2.45. The van der Waals surface area contributed by atoms with Crippen LogP contribution in [0, 0.1) is 0 Å². The second-order valence-electron chi connectivity index (χ2n) is 9.54. The summed E-state index contributed by atoms with van der Waals surface area (Å²) in [5.41, 5.74) is 2.75. The van der Waals surface area contributed by atoms with E-state index in [0.29, 0.717) is 28.3 Å². The third-order valence-corrected chi connectivity index (χ3v) is 5.60. The highest BCUT2D eigenvalue weighted by Gasteiger charge is 2.29. The first-order chi connectivity index (χ1) is 17.9. The number of amides is 1. The summed E-state index contributed by atoms with van der Waals surface area (Å²) in [5, 5.41) is 24.6. The number of aromatic nitrogens is 1. The van der Waals surface area contributed by atoms with Gasteiger partial charge in [-0.1, -0.05) is 29.4 Å². The van der Waals surface area contributed by atoms with E-state index in [0.717, 1.165) is 11.3 Å². The molecule has 5 N–H and O–H groups in total. The number of benzene rings is 2. The Kier molecular flexibility index (Phi) is 8.61. The predicted molar refractivity (Wildman–Crippen MR) is 145 cm³/mol. The number of hydrogen-bond acceptors (Lipinski definition) is 9. The molecule has 0 radical (unpaired) electrons. The molecule has 0 aliphatic rings. The van der Waals surface area contributed by atoms with Gasteiger partial charge in [-0.3, -0.25) is 4.79 Å². The minimum Gasteiger partial charge on any atom is -0.476 e. The number of ether oxygens (including phenoxy) is 1. The molecule has 202 valence electrons. The van der Waals surface area contributed by atoms with Gasteiger partial charge in [-0.05, 0) is 38.5 Å². The number of carbonyl (C=O) groups is 3. The Hall–Kier alpha value is -4.54. The molecule has 0 saturated carbocycles. The highest BCUT2D eigenvalue weighted by Crippen LogP contribution is 2.29. The maximum Gasteiger partial charge on any atom is 0.358 e. The van der Waals surface area contributed by atoms with Crippen molar-refractivity contribution < 1.29 is 28.8 Å². The normalized spacial score (nSPS) is 11.8. The highest BCUT2D eigenvalue weighted by atomic mass is 16.6. The molecule has 0 fully saturated rings. The summed E-state index contributed by atoms with van der Waals surface area (Å²) >= 11 is 0. The second kappa shape index (κ2) is 11.7. The van der Waals surface area contributed by atoms with E-state index in [9.17, 15) is 14.4 Å². The van der Waals surface area contributed by atoms with Crippen molar-refractivity contribution in [2.24, 2.45) is 0 Å². The lowest BCUT2D eigenvalue weighted by Gasteiger charge is -2.25. The molecular weight excluding hydrogens is 490 g/mol. The topological polar surface area (TPSA) is 155 Å². The fraction of sp³-hybridized carbons (Fsp3) is 0.333. The Balaban J connectivity index is 1.89. The van der Waals surface area contributed by atoms with Crippen LogP contribution in [0.4, 0.5) is 17.1 Å². The van der Waals surface area contributed by atoms with Gasteiger partial charge < -0.3 is 35.6 Å². The van der Waals surface area contributed by atoms with Crippen molar-refractivity contribution in [1.82, 2.24) is 10.5 Å². The molecular formula is C27H33N5O6. The van der Waals surface area contributed by atoms with Crippen LogP contribution in [0.2, 0.25) is 0 Å². The van der Waals surface area contributed by atoms with Crippen molar-refractivity contribution in [2.75, 3.05) is 37.1 Å². The fourth-order valence-corrected chi connectivity index (χ4v) is 3.77. The Morgan fingerprint density at radius 1 is 0.974 bits per heavy atom. The fourth-order valence-electron chi connectivity index (χ4n) is 3.77. The molecule has 0 aliphatic carbocycles. The molecule has 38 heavy (non-hydrogen) atoms. The molecule has 11 nitrogen and oxygen atoms in total. The summed E-state index contributed by atoms with van der Waals surface area (Å²) in [7, 11) is 5.21. The maximum absolute atomic E-state index is 13.5. The van der Waals surface area contributed by atoms with Gasteiger partial charge in [0.15, 0.2) is 11.5 Å². The van der Waals surface area contributed by atoms with Crippen molar-refractivity contribution in [3.63, 3.8) is 0 Å². The van der Waals surface area contributed by atoms with Crippen molar-refractivity contribution in [3.8, 4) is 11.3 Å². The first-order valence-electron chi connectivity index (χ1n) is 12.0. The Morgan fingerprint density at radius 3 is 2.05 bits per heavy atom. The highest BCUT2D eigenvalue weighted by molar-refractivity contribution is 6.07. The molecule has 1 aromatic heterocycles. The summed E-state index contributed by atoms with van der Waals surface area (Å²) in [6.45, 7) is 5.28. The van der Waals surface area contributed by atoms with Crippen molar-refractivity contribution >= 4 is 34.9 Å². The first-order valence-corrected chi connectivity index (χ1v) is 12.0. The zero-order valence-electron chi connectivity index (χ0n) is 22.3. The van der Waals surface area contributed by atoms with Crippen LogP contribution in [-0.2, 0) is 16.0 Å². The smallest absolute Gasteiger partial charge is 0.358 e. The van der Waals surface area contributed by atoms with Gasteiger partial charge in [-0.2, -0.15) is 0 Å². The van der Waals surface area contributed by atoms with Crippen LogP contribution in [-0.4, -0.2) is 60.9 Å². The molecule has 1 atom stereocenters. The van der Waals surface area contributed by atoms with Crippen LogP contribution in [0.15, 0.2) is 47.0 Å². The van der Waals surface area contributed by atoms with Gasteiger partial charge in [0.1, 0.15) is 11.6 Å². The van der Waals surface area contributed by atoms with Crippen LogP contribution < -0.4 is 21.3 Å². The average molecular weight is 524 g/mol. The summed E-state index contributed by atoms with van der Waals surface area (Å²) in [6.07, 6.45) is 0.163. The number of carbonyl (C=O) groups excluding carboxylic acids is 2. The van der Waals surface area contributed by atoms with E-state index >= 15 is 0 Å². The molecule has 0 aliphatic heterocycles. The van der Waals surface area contributed by atoms with E-state index < -0.39 is 29.5 Å². The van der Waals surface area contributed by atoms with Gasteiger partial charge in [0.05, 0.1) is 16.9 Å². The zero-order valence-corrected chi connectivity index (χ0v) is 22.3. The predicted octanol–water partition coefficient (Wildman–Crippen LogP) is 3.85. The summed E-state index contributed by atoms with van der Waals surface area (Å²) in [5.74, 6) is -1.90. The SMILES string of the molecule is CNc1cc(NC)c(C(=O)NC(Cc2ccc(-c3cc(C(=O)O)no3)cc2)C(=O)OC(C)(C)C)c(NC)c1. The third-order valence-electron chi connectivity index (χ3n) is 5.60. The summed E-state index contributed by atoms with van der Waals surface area (Å²) in [4.78, 5) is 37.7. The van der Waals surface area contributed by atoms with E-state index in [1.165, 1.54) is 6.07 Å². The molecule has 0 saturated heterocycles. The number of esters is 1. The monoisotopic (exact) mass is 523 g/mol. The molecule has 1 unspecified atom stereocenters. The number of anilines is 3. The lowest BCUT2D eigenvalue weighted by atomic mass is 10.0. The van der Waals surface area contributed by atoms with Crippen LogP contribution in [0.25, 0.3) is 11.3 Å². The van der Waals surface area contributed by atoms with Gasteiger partial charge in [0, 0.05) is 44.9 Å². The quantitative estimate of drug-likeness (QED) is 0.248. The van der Waals surface area contributed by atoms with Crippen LogP contribution in [0.5, 0.6) is 0 Å². The number of aromatic carboxylic acids is 1. The summed E-state index contributed by atoms with van der Waals surface area (Å²) in [6, 6.07) is 10.9. The van der Waals surface area contributed by atoms with E-state index in [-0.39, 0.29) is 12.1 Å². The Bertz CT molecular complexity index is 1290. The lowest BCUT2D eigenvalue weighted by molar-refractivity contribution is -0.157. The van der Waals surface area contributed by atoms with E-state index in [1.807, 2.05) is 0 Å². The third kappa shape index (κ3) is 6.81. The van der Waals surface area contributed by atoms with Crippen molar-refractivity contribution in [2.45, 2.75) is 38.8 Å².